The first-order chi connectivity index (χ1) is 21.0. The maximum atomic E-state index is 12.5. The second kappa shape index (κ2) is 15.1. The van der Waals surface area contributed by atoms with Crippen molar-refractivity contribution < 1.29 is 38.5 Å². The minimum absolute atomic E-state index is 0.0461. The van der Waals surface area contributed by atoms with Gasteiger partial charge in [-0.1, -0.05) is 48.5 Å². The standard InChI is InChI=1S/C33H43N3O8/c1-33(2,3)44-29(37)20-36-17-15-22(16-18-36)34-31(40)42-19-9-8-14-28(30(38)39)35-32(41)43-21-27-25-12-6-4-10-23(25)24-11-5-7-13-26(24)27/h4-7,10-13,22,27-28H,8-9,14-21H2,1-3H3,(H,34,40)(H,35,41)(H,38,39). The zero-order chi connectivity index (χ0) is 31.7. The Hall–Kier alpha value is -4.12. The second-order valence-electron chi connectivity index (χ2n) is 12.3. The lowest BCUT2D eigenvalue weighted by atomic mass is 9.98. The van der Waals surface area contributed by atoms with Gasteiger partial charge in [0, 0.05) is 25.0 Å². The molecule has 0 saturated carbocycles. The SMILES string of the molecule is CC(C)(C)OC(=O)CN1CCC(NC(=O)OCCCCC(NC(=O)OCC2c3ccccc3-c3ccccc32)C(=O)O)CC1. The van der Waals surface area contributed by atoms with Crippen LogP contribution in [0.1, 0.15) is 69.9 Å². The Morgan fingerprint density at radius 3 is 2.11 bits per heavy atom. The summed E-state index contributed by atoms with van der Waals surface area (Å²) in [5.74, 6) is -1.54. The summed E-state index contributed by atoms with van der Waals surface area (Å²) >= 11 is 0. The van der Waals surface area contributed by atoms with Gasteiger partial charge < -0.3 is 30.0 Å². The zero-order valence-corrected chi connectivity index (χ0v) is 25.7. The molecule has 2 amide bonds. The van der Waals surface area contributed by atoms with Gasteiger partial charge in [0.15, 0.2) is 0 Å². The Labute approximate surface area is 258 Å². The molecule has 2 aromatic rings. The molecule has 1 unspecified atom stereocenters. The number of rotatable bonds is 12. The summed E-state index contributed by atoms with van der Waals surface area (Å²) in [7, 11) is 0. The van der Waals surface area contributed by atoms with Gasteiger partial charge in [0.1, 0.15) is 18.2 Å². The predicted molar refractivity (Wildman–Crippen MR) is 163 cm³/mol. The highest BCUT2D eigenvalue weighted by atomic mass is 16.6. The number of alkyl carbamates (subject to hydrolysis) is 2. The zero-order valence-electron chi connectivity index (χ0n) is 25.7. The van der Waals surface area contributed by atoms with Crippen molar-refractivity contribution in [2.24, 2.45) is 0 Å². The fourth-order valence-electron chi connectivity index (χ4n) is 5.66. The van der Waals surface area contributed by atoms with E-state index in [1.807, 2.05) is 74.2 Å². The number of aliphatic carboxylic acids is 1. The average molecular weight is 610 g/mol. The first kappa shape index (κ1) is 32.8. The van der Waals surface area contributed by atoms with E-state index in [0.717, 1.165) is 22.3 Å². The normalized spacial score (nSPS) is 15.9. The molecule has 1 atom stereocenters. The van der Waals surface area contributed by atoms with Gasteiger partial charge in [-0.2, -0.15) is 0 Å². The fraction of sp³-hybridized carbons (Fsp3) is 0.515. The highest BCUT2D eigenvalue weighted by Gasteiger charge is 2.30. The Balaban J connectivity index is 1.11. The Morgan fingerprint density at radius 2 is 1.52 bits per heavy atom. The van der Waals surface area contributed by atoms with Crippen molar-refractivity contribution in [2.45, 2.75) is 76.5 Å². The van der Waals surface area contributed by atoms with Crippen LogP contribution in [0.25, 0.3) is 11.1 Å². The number of carbonyl (C=O) groups excluding carboxylic acids is 3. The molecule has 11 heteroatoms. The quantitative estimate of drug-likeness (QED) is 0.178. The second-order valence-corrected chi connectivity index (χ2v) is 12.3. The number of amides is 2. The van der Waals surface area contributed by atoms with E-state index in [0.29, 0.717) is 38.8 Å². The molecule has 1 saturated heterocycles. The van der Waals surface area contributed by atoms with Gasteiger partial charge in [0.25, 0.3) is 0 Å². The first-order valence-electron chi connectivity index (χ1n) is 15.2. The highest BCUT2D eigenvalue weighted by molar-refractivity contribution is 5.81. The summed E-state index contributed by atoms with van der Waals surface area (Å²) in [5, 5.41) is 14.9. The average Bonchev–Trinajstić information content (AvgIpc) is 3.29. The molecule has 0 radical (unpaired) electrons. The van der Waals surface area contributed by atoms with Gasteiger partial charge in [-0.05, 0) is 75.1 Å². The Kier molecular flexibility index (Phi) is 11.2. The molecule has 1 aliphatic heterocycles. The van der Waals surface area contributed by atoms with Crippen molar-refractivity contribution in [3.63, 3.8) is 0 Å². The number of hydrogen-bond donors (Lipinski definition) is 3. The number of carbonyl (C=O) groups is 4. The minimum Gasteiger partial charge on any atom is -0.480 e. The van der Waals surface area contributed by atoms with Gasteiger partial charge in [0.05, 0.1) is 13.2 Å². The number of likely N-dealkylation sites (tertiary alicyclic amines) is 1. The molecule has 1 fully saturated rings. The maximum absolute atomic E-state index is 12.5. The van der Waals surface area contributed by atoms with Crippen LogP contribution in [0, 0.1) is 0 Å². The molecular weight excluding hydrogens is 566 g/mol. The summed E-state index contributed by atoms with van der Waals surface area (Å²) in [5.41, 5.74) is 3.84. The summed E-state index contributed by atoms with van der Waals surface area (Å²) in [4.78, 5) is 50.6. The summed E-state index contributed by atoms with van der Waals surface area (Å²) in [6.07, 6.45) is 1.11. The van der Waals surface area contributed by atoms with Crippen molar-refractivity contribution in [3.05, 3.63) is 59.7 Å². The smallest absolute Gasteiger partial charge is 0.407 e. The molecule has 0 aromatic heterocycles. The summed E-state index contributed by atoms with van der Waals surface area (Å²) in [6.45, 7) is 7.28. The number of fused-ring (bicyclic) bond motifs is 3. The van der Waals surface area contributed by atoms with Crippen molar-refractivity contribution in [2.75, 3.05) is 32.8 Å². The van der Waals surface area contributed by atoms with Crippen LogP contribution in [0.3, 0.4) is 0 Å². The van der Waals surface area contributed by atoms with Crippen LogP contribution in [-0.2, 0) is 23.8 Å². The number of ether oxygens (including phenoxy) is 3. The van der Waals surface area contributed by atoms with Crippen LogP contribution in [0.2, 0.25) is 0 Å². The van der Waals surface area contributed by atoms with E-state index in [4.69, 9.17) is 14.2 Å². The number of carboxylic acids is 1. The highest BCUT2D eigenvalue weighted by Crippen LogP contribution is 2.44. The van der Waals surface area contributed by atoms with Gasteiger partial charge in [0.2, 0.25) is 0 Å². The van der Waals surface area contributed by atoms with Crippen molar-refractivity contribution in [1.82, 2.24) is 15.5 Å². The van der Waals surface area contributed by atoms with Gasteiger partial charge in [-0.15, -0.1) is 0 Å². The van der Waals surface area contributed by atoms with Crippen LogP contribution >= 0.6 is 0 Å². The number of unbranched alkanes of at least 4 members (excludes halogenated alkanes) is 1. The molecule has 44 heavy (non-hydrogen) atoms. The largest absolute Gasteiger partial charge is 0.480 e. The molecule has 238 valence electrons. The third kappa shape index (κ3) is 9.44. The third-order valence-corrected chi connectivity index (χ3v) is 7.74. The molecule has 11 nitrogen and oxygen atoms in total. The number of benzene rings is 2. The number of piperidine rings is 1. The van der Waals surface area contributed by atoms with Crippen LogP contribution in [0.5, 0.6) is 0 Å². The van der Waals surface area contributed by atoms with E-state index < -0.39 is 29.8 Å². The lowest BCUT2D eigenvalue weighted by Crippen LogP contribution is -2.46. The van der Waals surface area contributed by atoms with E-state index >= 15 is 0 Å². The van der Waals surface area contributed by atoms with E-state index in [-0.39, 0.29) is 44.1 Å². The first-order valence-corrected chi connectivity index (χ1v) is 15.2. The van der Waals surface area contributed by atoms with E-state index in [1.165, 1.54) is 0 Å². The fourth-order valence-corrected chi connectivity index (χ4v) is 5.66. The third-order valence-electron chi connectivity index (χ3n) is 7.74. The number of nitrogens with zero attached hydrogens (tertiary/aromatic N) is 1. The number of carboxylic acid groups (broad SMARTS) is 1. The molecule has 0 bridgehead atoms. The van der Waals surface area contributed by atoms with Crippen LogP contribution in [0.4, 0.5) is 9.59 Å². The summed E-state index contributed by atoms with van der Waals surface area (Å²) < 4.78 is 16.1. The molecule has 4 rings (SSSR count). The number of esters is 1. The Morgan fingerprint density at radius 1 is 0.909 bits per heavy atom. The predicted octanol–water partition coefficient (Wildman–Crippen LogP) is 4.68. The molecular formula is C33H43N3O8. The lowest BCUT2D eigenvalue weighted by molar-refractivity contribution is -0.156. The molecule has 0 spiro atoms. The maximum Gasteiger partial charge on any atom is 0.407 e. The summed E-state index contributed by atoms with van der Waals surface area (Å²) in [6, 6.07) is 14.8. The monoisotopic (exact) mass is 609 g/mol. The molecule has 1 heterocycles. The van der Waals surface area contributed by atoms with Crippen molar-refractivity contribution in [3.8, 4) is 11.1 Å². The molecule has 2 aliphatic rings. The van der Waals surface area contributed by atoms with Crippen LogP contribution < -0.4 is 10.6 Å². The minimum atomic E-state index is -1.16. The lowest BCUT2D eigenvalue weighted by Gasteiger charge is -2.32. The van der Waals surface area contributed by atoms with E-state index in [1.54, 1.807) is 0 Å². The van der Waals surface area contributed by atoms with Crippen LogP contribution in [0.15, 0.2) is 48.5 Å². The van der Waals surface area contributed by atoms with Crippen molar-refractivity contribution in [1.29, 1.82) is 0 Å². The van der Waals surface area contributed by atoms with Gasteiger partial charge in [-0.3, -0.25) is 9.69 Å². The van der Waals surface area contributed by atoms with Gasteiger partial charge in [-0.25, -0.2) is 14.4 Å². The topological polar surface area (TPSA) is 144 Å². The number of nitrogens with one attached hydrogen (secondary N) is 2. The number of hydrogen-bond acceptors (Lipinski definition) is 8. The molecule has 1 aliphatic carbocycles. The van der Waals surface area contributed by atoms with Crippen molar-refractivity contribution >= 4 is 24.1 Å². The molecule has 3 N–H and O–H groups in total. The Bertz CT molecular complexity index is 1270. The van der Waals surface area contributed by atoms with E-state index in [9.17, 15) is 24.3 Å². The molecule has 2 aromatic carbocycles. The van der Waals surface area contributed by atoms with Crippen LogP contribution in [-0.4, -0.2) is 84.7 Å². The van der Waals surface area contributed by atoms with E-state index in [2.05, 4.69) is 10.6 Å². The van der Waals surface area contributed by atoms with Gasteiger partial charge >= 0.3 is 24.1 Å².